The van der Waals surface area contributed by atoms with Gasteiger partial charge in [-0.3, -0.25) is 9.36 Å². The van der Waals surface area contributed by atoms with Crippen molar-refractivity contribution >= 4 is 29.1 Å². The first-order valence-corrected chi connectivity index (χ1v) is 10.2. The van der Waals surface area contributed by atoms with Crippen LogP contribution in [0.3, 0.4) is 0 Å². The Morgan fingerprint density at radius 1 is 1.21 bits per heavy atom. The smallest absolute Gasteiger partial charge is 0.192 e. The second-order valence-corrected chi connectivity index (χ2v) is 7.31. The monoisotopic (exact) mass is 429 g/mol. The van der Waals surface area contributed by atoms with Crippen LogP contribution in [0.1, 0.15) is 16.2 Å². The summed E-state index contributed by atoms with van der Waals surface area (Å²) in [5.74, 6) is 2.16. The molecule has 0 saturated heterocycles. The number of carbonyl (C=O) groups is 1. The van der Waals surface area contributed by atoms with E-state index in [-0.39, 0.29) is 18.1 Å². The number of benzene rings is 2. The summed E-state index contributed by atoms with van der Waals surface area (Å²) >= 11 is 7.45. The van der Waals surface area contributed by atoms with Crippen LogP contribution >= 0.6 is 23.4 Å². The highest BCUT2D eigenvalue weighted by molar-refractivity contribution is 7.99. The molecular formula is C21H20ClN3O3S. The van der Waals surface area contributed by atoms with Crippen molar-refractivity contribution in [2.75, 3.05) is 12.9 Å². The summed E-state index contributed by atoms with van der Waals surface area (Å²) in [6.07, 6.45) is 1.75. The number of ether oxygens (including phenoxy) is 2. The maximum absolute atomic E-state index is 12.5. The lowest BCUT2D eigenvalue weighted by Gasteiger charge is -2.10. The molecule has 0 atom stereocenters. The number of carbonyl (C=O) groups excluding carboxylic acids is 1. The molecule has 0 aliphatic rings. The first kappa shape index (κ1) is 21.0. The van der Waals surface area contributed by atoms with Crippen LogP contribution in [0.5, 0.6) is 11.5 Å². The molecule has 0 saturated carbocycles. The molecule has 0 aliphatic carbocycles. The molecule has 0 amide bonds. The molecule has 1 heterocycles. The predicted molar refractivity (Wildman–Crippen MR) is 114 cm³/mol. The maximum atomic E-state index is 12.5. The molecule has 150 valence electrons. The van der Waals surface area contributed by atoms with Crippen LogP contribution in [0.15, 0.2) is 66.3 Å². The molecule has 0 unspecified atom stereocenters. The molecule has 0 fully saturated rings. The van der Waals surface area contributed by atoms with Crippen molar-refractivity contribution in [1.29, 1.82) is 0 Å². The van der Waals surface area contributed by atoms with E-state index in [4.69, 9.17) is 21.1 Å². The lowest BCUT2D eigenvalue weighted by molar-refractivity contribution is 0.102. The fraction of sp³-hybridized carbons (Fsp3) is 0.190. The first-order chi connectivity index (χ1) is 14.1. The van der Waals surface area contributed by atoms with Gasteiger partial charge in [-0.05, 0) is 36.4 Å². The second kappa shape index (κ2) is 10.1. The highest BCUT2D eigenvalue weighted by atomic mass is 35.5. The minimum Gasteiger partial charge on any atom is -0.497 e. The standard InChI is InChI=1S/C21H20ClN3O3S/c1-3-12-25-20(13-28-19-7-5-4-6-17(19)22)23-24-21(25)29-14-18(26)15-8-10-16(27-2)11-9-15/h3-11H,1,12-14H2,2H3. The number of rotatable bonds is 10. The molecule has 8 heteroatoms. The Hall–Kier alpha value is -2.77. The van der Waals surface area contributed by atoms with Gasteiger partial charge in [-0.1, -0.05) is 41.6 Å². The van der Waals surface area contributed by atoms with Gasteiger partial charge in [0.1, 0.15) is 18.1 Å². The van der Waals surface area contributed by atoms with E-state index in [0.717, 1.165) is 0 Å². The highest BCUT2D eigenvalue weighted by Gasteiger charge is 2.15. The van der Waals surface area contributed by atoms with E-state index in [1.54, 1.807) is 49.6 Å². The Morgan fingerprint density at radius 3 is 2.66 bits per heavy atom. The molecule has 0 spiro atoms. The molecule has 6 nitrogen and oxygen atoms in total. The Bertz CT molecular complexity index is 989. The van der Waals surface area contributed by atoms with Gasteiger partial charge in [0.15, 0.2) is 16.8 Å². The van der Waals surface area contributed by atoms with Crippen LogP contribution < -0.4 is 9.47 Å². The average molecular weight is 430 g/mol. The number of halogens is 1. The van der Waals surface area contributed by atoms with Gasteiger partial charge in [0.05, 0.1) is 17.9 Å². The molecule has 0 aliphatic heterocycles. The molecular weight excluding hydrogens is 410 g/mol. The average Bonchev–Trinajstić information content (AvgIpc) is 3.13. The number of hydrogen-bond donors (Lipinski definition) is 0. The number of aromatic nitrogens is 3. The van der Waals surface area contributed by atoms with Crippen molar-refractivity contribution < 1.29 is 14.3 Å². The zero-order valence-corrected chi connectivity index (χ0v) is 17.4. The van der Waals surface area contributed by atoms with Gasteiger partial charge in [0.25, 0.3) is 0 Å². The topological polar surface area (TPSA) is 66.2 Å². The number of nitrogens with zero attached hydrogens (tertiary/aromatic N) is 3. The van der Waals surface area contributed by atoms with Crippen LogP contribution in [-0.4, -0.2) is 33.4 Å². The zero-order valence-electron chi connectivity index (χ0n) is 15.9. The SMILES string of the molecule is C=CCn1c(COc2ccccc2Cl)nnc1SCC(=O)c1ccc(OC)cc1. The van der Waals surface area contributed by atoms with Gasteiger partial charge in [0, 0.05) is 12.1 Å². The third kappa shape index (κ3) is 5.40. The van der Waals surface area contributed by atoms with E-state index in [0.29, 0.717) is 39.6 Å². The predicted octanol–water partition coefficient (Wildman–Crippen LogP) is 4.68. The minimum absolute atomic E-state index is 0.000302. The van der Waals surface area contributed by atoms with E-state index in [9.17, 15) is 4.79 Å². The lowest BCUT2D eigenvalue weighted by atomic mass is 10.1. The van der Waals surface area contributed by atoms with Crippen molar-refractivity contribution in [3.05, 3.63) is 77.6 Å². The number of methoxy groups -OCH3 is 1. The normalized spacial score (nSPS) is 10.6. The van der Waals surface area contributed by atoms with Crippen LogP contribution in [0, 0.1) is 0 Å². The number of Topliss-reactive ketones (excluding diaryl/α,β-unsaturated/α-hetero) is 1. The van der Waals surface area contributed by atoms with Crippen LogP contribution in [0.2, 0.25) is 5.02 Å². The molecule has 0 radical (unpaired) electrons. The van der Waals surface area contributed by atoms with E-state index >= 15 is 0 Å². The Labute approximate surface area is 178 Å². The van der Waals surface area contributed by atoms with Gasteiger partial charge < -0.3 is 9.47 Å². The van der Waals surface area contributed by atoms with E-state index in [1.165, 1.54) is 11.8 Å². The van der Waals surface area contributed by atoms with Crippen molar-refractivity contribution in [3.8, 4) is 11.5 Å². The third-order valence-corrected chi connectivity index (χ3v) is 5.32. The summed E-state index contributed by atoms with van der Waals surface area (Å²) < 4.78 is 12.8. The summed E-state index contributed by atoms with van der Waals surface area (Å²) in [7, 11) is 1.59. The number of thioether (sulfide) groups is 1. The summed E-state index contributed by atoms with van der Waals surface area (Å²) in [6.45, 7) is 4.50. The molecule has 1 aromatic heterocycles. The Balaban J connectivity index is 1.66. The Kier molecular flexibility index (Phi) is 7.32. The van der Waals surface area contributed by atoms with Gasteiger partial charge in [0.2, 0.25) is 0 Å². The van der Waals surface area contributed by atoms with Crippen LogP contribution in [0.25, 0.3) is 0 Å². The van der Waals surface area contributed by atoms with Gasteiger partial charge in [-0.15, -0.1) is 16.8 Å². The molecule has 3 aromatic rings. The van der Waals surface area contributed by atoms with Crippen LogP contribution in [0.4, 0.5) is 0 Å². The molecule has 0 N–H and O–H groups in total. The molecule has 2 aromatic carbocycles. The Morgan fingerprint density at radius 2 is 1.97 bits per heavy atom. The summed E-state index contributed by atoms with van der Waals surface area (Å²) in [4.78, 5) is 12.5. The van der Waals surface area contributed by atoms with Gasteiger partial charge in [-0.2, -0.15) is 0 Å². The first-order valence-electron chi connectivity index (χ1n) is 8.82. The van der Waals surface area contributed by atoms with Crippen molar-refractivity contribution in [1.82, 2.24) is 14.8 Å². The summed E-state index contributed by atoms with van der Waals surface area (Å²) in [5, 5.41) is 9.57. The van der Waals surface area contributed by atoms with Crippen molar-refractivity contribution in [2.45, 2.75) is 18.3 Å². The van der Waals surface area contributed by atoms with E-state index < -0.39 is 0 Å². The van der Waals surface area contributed by atoms with Gasteiger partial charge >= 0.3 is 0 Å². The fourth-order valence-electron chi connectivity index (χ4n) is 2.54. The maximum Gasteiger partial charge on any atom is 0.192 e. The number of ketones is 1. The highest BCUT2D eigenvalue weighted by Crippen LogP contribution is 2.25. The summed E-state index contributed by atoms with van der Waals surface area (Å²) in [5.41, 5.74) is 0.621. The molecule has 29 heavy (non-hydrogen) atoms. The number of allylic oxidation sites excluding steroid dienone is 1. The number of para-hydroxylation sites is 1. The summed E-state index contributed by atoms with van der Waals surface area (Å²) in [6, 6.07) is 14.3. The zero-order chi connectivity index (χ0) is 20.6. The van der Waals surface area contributed by atoms with E-state index in [1.807, 2.05) is 16.7 Å². The van der Waals surface area contributed by atoms with E-state index in [2.05, 4.69) is 16.8 Å². The quantitative estimate of drug-likeness (QED) is 0.265. The van der Waals surface area contributed by atoms with Crippen LogP contribution in [-0.2, 0) is 13.2 Å². The van der Waals surface area contributed by atoms with Crippen molar-refractivity contribution in [3.63, 3.8) is 0 Å². The lowest BCUT2D eigenvalue weighted by Crippen LogP contribution is -2.09. The fourth-order valence-corrected chi connectivity index (χ4v) is 3.59. The molecule has 3 rings (SSSR count). The number of hydrogen-bond acceptors (Lipinski definition) is 6. The third-order valence-electron chi connectivity index (χ3n) is 4.04. The van der Waals surface area contributed by atoms with Gasteiger partial charge in [-0.25, -0.2) is 0 Å². The molecule has 0 bridgehead atoms. The largest absolute Gasteiger partial charge is 0.497 e. The van der Waals surface area contributed by atoms with Crippen molar-refractivity contribution in [2.24, 2.45) is 0 Å². The second-order valence-electron chi connectivity index (χ2n) is 5.96. The minimum atomic E-state index is -0.000302.